The van der Waals surface area contributed by atoms with E-state index in [9.17, 15) is 4.79 Å². The van der Waals surface area contributed by atoms with E-state index >= 15 is 0 Å². The summed E-state index contributed by atoms with van der Waals surface area (Å²) >= 11 is 0. The van der Waals surface area contributed by atoms with Gasteiger partial charge in [-0.2, -0.15) is 0 Å². The van der Waals surface area contributed by atoms with E-state index in [0.717, 1.165) is 39.1 Å². The Morgan fingerprint density at radius 1 is 1.47 bits per heavy atom. The number of amides is 1. The van der Waals surface area contributed by atoms with Crippen LogP contribution in [0.4, 0.5) is 0 Å². The third kappa shape index (κ3) is 3.77. The van der Waals surface area contributed by atoms with Gasteiger partial charge in [-0.3, -0.25) is 10.2 Å². The summed E-state index contributed by atoms with van der Waals surface area (Å²) in [4.78, 5) is 13.8. The van der Waals surface area contributed by atoms with Gasteiger partial charge in [-0.15, -0.1) is 0 Å². The predicted octanol–water partition coefficient (Wildman–Crippen LogP) is -0.702. The molecule has 88 valence electrons. The van der Waals surface area contributed by atoms with Crippen LogP contribution in [0, 0.1) is 5.41 Å². The Labute approximate surface area is 91.3 Å². The lowest BCUT2D eigenvalue weighted by Gasteiger charge is -2.30. The first-order valence-electron chi connectivity index (χ1n) is 5.50. The third-order valence-corrected chi connectivity index (χ3v) is 2.80. The Bertz CT molecular complexity index is 209. The van der Waals surface area contributed by atoms with Crippen LogP contribution in [0.1, 0.15) is 20.3 Å². The summed E-state index contributed by atoms with van der Waals surface area (Å²) in [5, 5.41) is 3.34. The molecule has 1 saturated heterocycles. The Kier molecular flexibility index (Phi) is 4.50. The minimum absolute atomic E-state index is 0.0975. The highest BCUT2D eigenvalue weighted by molar-refractivity contribution is 5.81. The van der Waals surface area contributed by atoms with Crippen molar-refractivity contribution < 1.29 is 4.79 Å². The number of carbonyl (C=O) groups excluding carboxylic acids is 1. The molecule has 0 unspecified atom stereocenters. The Hall–Kier alpha value is -0.650. The Morgan fingerprint density at radius 3 is 2.87 bits per heavy atom. The average molecular weight is 214 g/mol. The van der Waals surface area contributed by atoms with Gasteiger partial charge in [0.2, 0.25) is 5.91 Å². The lowest BCUT2D eigenvalue weighted by molar-refractivity contribution is -0.130. The van der Waals surface area contributed by atoms with E-state index in [-0.39, 0.29) is 5.91 Å². The van der Waals surface area contributed by atoms with Gasteiger partial charge in [0.25, 0.3) is 0 Å². The molecule has 1 aliphatic heterocycles. The topological polar surface area (TPSA) is 70.4 Å². The molecule has 1 heterocycles. The lowest BCUT2D eigenvalue weighted by atomic mass is 9.91. The number of hydrogen-bond acceptors (Lipinski definition) is 4. The number of hydrogen-bond donors (Lipinski definition) is 3. The van der Waals surface area contributed by atoms with Crippen molar-refractivity contribution in [3.63, 3.8) is 0 Å². The van der Waals surface area contributed by atoms with E-state index in [1.54, 1.807) is 0 Å². The molecule has 5 nitrogen and oxygen atoms in total. The molecule has 1 aliphatic rings. The van der Waals surface area contributed by atoms with Crippen LogP contribution in [0.25, 0.3) is 0 Å². The SMILES string of the molecule is CC(C)(CN1CCCNCC1)C(=O)NN. The number of nitrogens with zero attached hydrogens (tertiary/aromatic N) is 1. The standard InChI is InChI=1S/C10H22N4O/c1-10(2,9(15)13-11)8-14-6-3-4-12-5-7-14/h12H,3-8,11H2,1-2H3,(H,13,15). The van der Waals surface area contributed by atoms with Crippen LogP contribution >= 0.6 is 0 Å². The molecule has 15 heavy (non-hydrogen) atoms. The molecule has 1 amide bonds. The van der Waals surface area contributed by atoms with Crippen molar-refractivity contribution in [1.82, 2.24) is 15.6 Å². The van der Waals surface area contributed by atoms with E-state index in [1.165, 1.54) is 0 Å². The summed E-state index contributed by atoms with van der Waals surface area (Å²) in [6, 6.07) is 0. The van der Waals surface area contributed by atoms with Crippen molar-refractivity contribution in [2.45, 2.75) is 20.3 Å². The van der Waals surface area contributed by atoms with Crippen molar-refractivity contribution in [2.75, 3.05) is 32.7 Å². The van der Waals surface area contributed by atoms with Gasteiger partial charge in [0.15, 0.2) is 0 Å². The van der Waals surface area contributed by atoms with Crippen molar-refractivity contribution in [1.29, 1.82) is 0 Å². The second-order valence-corrected chi connectivity index (χ2v) is 4.74. The third-order valence-electron chi connectivity index (χ3n) is 2.80. The first-order valence-corrected chi connectivity index (χ1v) is 5.50. The van der Waals surface area contributed by atoms with Crippen LogP contribution in [-0.4, -0.2) is 43.5 Å². The van der Waals surface area contributed by atoms with Crippen LogP contribution in [-0.2, 0) is 4.79 Å². The number of carbonyl (C=O) groups is 1. The molecule has 0 spiro atoms. The zero-order valence-corrected chi connectivity index (χ0v) is 9.68. The highest BCUT2D eigenvalue weighted by atomic mass is 16.2. The average Bonchev–Trinajstić information content (AvgIpc) is 2.44. The van der Waals surface area contributed by atoms with Crippen molar-refractivity contribution in [3.8, 4) is 0 Å². The minimum Gasteiger partial charge on any atom is -0.315 e. The molecule has 0 radical (unpaired) electrons. The number of nitrogens with two attached hydrogens (primary N) is 1. The molecule has 1 fully saturated rings. The zero-order valence-electron chi connectivity index (χ0n) is 9.68. The van der Waals surface area contributed by atoms with Gasteiger partial charge in [-0.25, -0.2) is 5.84 Å². The van der Waals surface area contributed by atoms with Crippen LogP contribution in [0.15, 0.2) is 0 Å². The molecule has 0 aromatic carbocycles. The minimum atomic E-state index is -0.418. The van der Waals surface area contributed by atoms with Gasteiger partial charge in [-0.1, -0.05) is 0 Å². The molecule has 0 aliphatic carbocycles. The summed E-state index contributed by atoms with van der Waals surface area (Å²) < 4.78 is 0. The molecular weight excluding hydrogens is 192 g/mol. The van der Waals surface area contributed by atoms with Gasteiger partial charge in [-0.05, 0) is 33.4 Å². The van der Waals surface area contributed by atoms with Crippen molar-refractivity contribution in [2.24, 2.45) is 11.3 Å². The molecule has 0 bridgehead atoms. The molecule has 0 atom stereocenters. The predicted molar refractivity (Wildman–Crippen MR) is 60.0 cm³/mol. The molecule has 0 saturated carbocycles. The monoisotopic (exact) mass is 214 g/mol. The lowest BCUT2D eigenvalue weighted by Crippen LogP contribution is -2.47. The zero-order chi connectivity index (χ0) is 11.3. The van der Waals surface area contributed by atoms with Crippen LogP contribution in [0.2, 0.25) is 0 Å². The largest absolute Gasteiger partial charge is 0.315 e. The smallest absolute Gasteiger partial charge is 0.240 e. The molecule has 0 aromatic heterocycles. The van der Waals surface area contributed by atoms with E-state index in [4.69, 9.17) is 5.84 Å². The molecular formula is C10H22N4O. The molecule has 5 heteroatoms. The second-order valence-electron chi connectivity index (χ2n) is 4.74. The van der Waals surface area contributed by atoms with E-state index in [0.29, 0.717) is 0 Å². The molecule has 0 aromatic rings. The molecule has 1 rings (SSSR count). The molecule has 4 N–H and O–H groups in total. The first-order chi connectivity index (χ1) is 7.06. The van der Waals surface area contributed by atoms with Crippen molar-refractivity contribution in [3.05, 3.63) is 0 Å². The number of rotatable bonds is 3. The van der Waals surface area contributed by atoms with Gasteiger partial charge in [0.1, 0.15) is 0 Å². The van der Waals surface area contributed by atoms with Crippen LogP contribution < -0.4 is 16.6 Å². The quantitative estimate of drug-likeness (QED) is 0.330. The second kappa shape index (κ2) is 5.44. The Morgan fingerprint density at radius 2 is 2.20 bits per heavy atom. The van der Waals surface area contributed by atoms with Gasteiger partial charge >= 0.3 is 0 Å². The highest BCUT2D eigenvalue weighted by Crippen LogP contribution is 2.17. The van der Waals surface area contributed by atoms with Crippen LogP contribution in [0.3, 0.4) is 0 Å². The summed E-state index contributed by atoms with van der Waals surface area (Å²) in [7, 11) is 0. The van der Waals surface area contributed by atoms with Gasteiger partial charge < -0.3 is 10.2 Å². The fourth-order valence-corrected chi connectivity index (χ4v) is 1.89. The Balaban J connectivity index is 2.47. The number of nitrogens with one attached hydrogen (secondary N) is 2. The van der Waals surface area contributed by atoms with Gasteiger partial charge in [0.05, 0.1) is 5.41 Å². The normalized spacial score (nSPS) is 19.7. The number of hydrazine groups is 1. The van der Waals surface area contributed by atoms with E-state index in [1.807, 2.05) is 13.8 Å². The maximum absolute atomic E-state index is 11.5. The summed E-state index contributed by atoms with van der Waals surface area (Å²) in [6.45, 7) is 8.73. The van der Waals surface area contributed by atoms with Gasteiger partial charge in [0, 0.05) is 19.6 Å². The summed E-state index contributed by atoms with van der Waals surface area (Å²) in [5.41, 5.74) is 1.81. The maximum Gasteiger partial charge on any atom is 0.240 e. The fraction of sp³-hybridized carbons (Fsp3) is 0.900. The van der Waals surface area contributed by atoms with E-state index in [2.05, 4.69) is 15.6 Å². The van der Waals surface area contributed by atoms with Crippen molar-refractivity contribution >= 4 is 5.91 Å². The first kappa shape index (κ1) is 12.4. The summed E-state index contributed by atoms with van der Waals surface area (Å²) in [6.07, 6.45) is 1.14. The highest BCUT2D eigenvalue weighted by Gasteiger charge is 2.29. The maximum atomic E-state index is 11.5. The summed E-state index contributed by atoms with van der Waals surface area (Å²) in [5.74, 6) is 5.07. The van der Waals surface area contributed by atoms with E-state index < -0.39 is 5.41 Å². The fourth-order valence-electron chi connectivity index (χ4n) is 1.89. The van der Waals surface area contributed by atoms with Crippen LogP contribution in [0.5, 0.6) is 0 Å².